The molecule has 1 unspecified atom stereocenters. The molecule has 732 valence electrons. The highest BCUT2D eigenvalue weighted by Crippen LogP contribution is 2.44. The predicted octanol–water partition coefficient (Wildman–Crippen LogP) is 33.6. The molecule has 5 aliphatic rings. The second-order valence-corrected chi connectivity index (χ2v) is 44.0. The average Bonchev–Trinajstić information content (AvgIpc) is 1.62. The molecule has 22 rings (SSSR count). The van der Waals surface area contributed by atoms with Gasteiger partial charge in [-0.05, 0) is 333 Å². The third-order valence-electron chi connectivity index (χ3n) is 33.1. The molecule has 5 saturated carbocycles. The normalized spacial score (nSPS) is 17.1. The van der Waals surface area contributed by atoms with E-state index in [0.717, 1.165) is 188 Å². The second kappa shape index (κ2) is 43.8. The number of fused-ring (bicyclic) bond motifs is 8. The van der Waals surface area contributed by atoms with Gasteiger partial charge in [0.15, 0.2) is 29.9 Å². The Labute approximate surface area is 872 Å². The van der Waals surface area contributed by atoms with Crippen LogP contribution >= 0.6 is 0 Å². The van der Waals surface area contributed by atoms with Crippen molar-refractivity contribution in [3.8, 4) is 56.3 Å². The number of hydrogen-bond donors (Lipinski definition) is 0. The minimum atomic E-state index is -2.48. The first kappa shape index (κ1) is 82.7. The maximum atomic E-state index is 8.99. The molecule has 5 fully saturated rings. The minimum Gasteiger partial charge on any atom is -0.338 e. The largest absolute Gasteiger partial charge is 0.338 e. The summed E-state index contributed by atoms with van der Waals surface area (Å²) in [6, 6.07) is 65.2. The first-order valence-corrected chi connectivity index (χ1v) is 53.5. The lowest BCUT2D eigenvalue weighted by Gasteiger charge is -2.15. The lowest BCUT2D eigenvalue weighted by atomic mass is 9.90. The molecule has 0 radical (unpaired) electrons. The molecule has 0 bridgehead atoms. The molecule has 0 aliphatic heterocycles. The van der Waals surface area contributed by atoms with Crippen molar-refractivity contribution >= 4 is 75.7 Å². The highest BCUT2D eigenvalue weighted by Gasteiger charge is 2.31. The molecule has 0 N–H and O–H groups in total. The van der Waals surface area contributed by atoms with Gasteiger partial charge < -0.3 is 4.57 Å². The van der Waals surface area contributed by atoms with Crippen LogP contribution in [0.2, 0.25) is 0 Å². The number of rotatable bonds is 18. The topological polar surface area (TPSA) is 24.3 Å². The summed E-state index contributed by atoms with van der Waals surface area (Å²) in [5.41, 5.74) is 32.7. The van der Waals surface area contributed by atoms with Gasteiger partial charge in [0.25, 0.3) is 0 Å². The fourth-order valence-electron chi connectivity index (χ4n) is 24.6. The van der Waals surface area contributed by atoms with Gasteiger partial charge in [0.1, 0.15) is 39.4 Å². The van der Waals surface area contributed by atoms with Crippen molar-refractivity contribution in [2.45, 2.75) is 296 Å². The monoisotopic (exact) mass is 1900 g/mol. The Kier molecular flexibility index (Phi) is 25.5. The van der Waals surface area contributed by atoms with Crippen LogP contribution < -0.4 is 22.8 Å². The highest BCUT2D eigenvalue weighted by atomic mass is 15.0. The standard InChI is InChI=1S/C33H37N2.2C27H34N.C25H30N.C24H28N/c1-21(2)35-31-13-9-8-12-28(31)30-16-22(3)29(20-32(30)35)33-27-15-14-25(18-24-10-6-7-11-24)19-26(27)17-23(4)34(33)5;2*1-18(2)24-14-19(3)20(4)26(17-24)27-25-11-10-22(15-21-8-6-7-9-21)16-23(25)12-13-28(27)5;1-17-13-18(2)19(3)24(14-17)25-23-10-9-21(15-20-7-5-6-8-20)16-22(23)11-12-26(25)4;1-17-8-4-7-11-22(17)24-23-13-12-20(15-19-9-5-6-10-19)16-21(23)14-18(2)25(24)3/h8-9,12-17,19-21,24H,6-7,10-11,18H2,1-5H3;2*10-14,16-18,21H,6-9,15H2,1-5H3;9-14,16,20H,5-8,15H2,1-4H3;4,7-8,11-14,16,19H,5-6,9-10,15H2,1-3H3/q5*+1/i17D;1D3,12D,13D,18D;12D,13D,18D;11D,12D;7D,8D,14D. The number of aryl methyl sites for hydroxylation is 5. The minimum absolute atomic E-state index is 0.118. The van der Waals surface area contributed by atoms with Crippen molar-refractivity contribution in [1.82, 2.24) is 4.57 Å². The third kappa shape index (κ3) is 21.7. The number of hydrogen-bond acceptors (Lipinski definition) is 0. The van der Waals surface area contributed by atoms with Crippen LogP contribution in [0.1, 0.15) is 309 Å². The fourth-order valence-corrected chi connectivity index (χ4v) is 24.6. The van der Waals surface area contributed by atoms with Crippen molar-refractivity contribution in [3.63, 3.8) is 0 Å². The predicted molar refractivity (Wildman–Crippen MR) is 605 cm³/mol. The van der Waals surface area contributed by atoms with Crippen molar-refractivity contribution in [1.29, 1.82) is 0 Å². The summed E-state index contributed by atoms with van der Waals surface area (Å²) in [5, 5.41) is 12.4. The summed E-state index contributed by atoms with van der Waals surface area (Å²) in [6.45, 7) is 30.1. The molecule has 17 aromatic rings. The Morgan fingerprint density at radius 2 is 0.662 bits per heavy atom. The fraction of sp³-hybridized carbons (Fsp3) is 0.404. The summed E-state index contributed by atoms with van der Waals surface area (Å²) in [5.74, 6) is 1.35. The molecule has 0 saturated heterocycles. The van der Waals surface area contributed by atoms with E-state index >= 15 is 0 Å². The first-order valence-electron chi connectivity index (χ1n) is 61.0. The number of pyridine rings is 5. The summed E-state index contributed by atoms with van der Waals surface area (Å²) >= 11 is 0. The molecule has 6 heterocycles. The molecule has 1 atom stereocenters. The van der Waals surface area contributed by atoms with E-state index in [-0.39, 0.29) is 24.6 Å². The zero-order valence-corrected chi connectivity index (χ0v) is 89.1. The molecule has 0 spiro atoms. The molecule has 6 heteroatoms. The molecular formula is C136H163N6+5. The van der Waals surface area contributed by atoms with E-state index in [1.54, 1.807) is 29.8 Å². The summed E-state index contributed by atoms with van der Waals surface area (Å²) < 4.78 is 139. The van der Waals surface area contributed by atoms with Gasteiger partial charge in [-0.1, -0.05) is 277 Å². The first-order chi connectivity index (χ1) is 74.5. The maximum Gasteiger partial charge on any atom is 0.220 e. The maximum absolute atomic E-state index is 8.99. The van der Waals surface area contributed by atoms with Crippen LogP contribution in [0.3, 0.4) is 0 Å². The van der Waals surface area contributed by atoms with Gasteiger partial charge in [-0.2, -0.15) is 9.13 Å². The zero-order valence-electron chi connectivity index (χ0n) is 104. The lowest BCUT2D eigenvalue weighted by molar-refractivity contribution is -0.665. The van der Waals surface area contributed by atoms with Crippen LogP contribution in [0.25, 0.3) is 132 Å². The third-order valence-corrected chi connectivity index (χ3v) is 33.1. The van der Waals surface area contributed by atoms with Gasteiger partial charge in [0.05, 0.1) is 64.3 Å². The van der Waals surface area contributed by atoms with Gasteiger partial charge in [-0.15, -0.1) is 0 Å². The van der Waals surface area contributed by atoms with Crippen molar-refractivity contribution in [3.05, 3.63) is 337 Å². The second-order valence-electron chi connectivity index (χ2n) is 44.0. The van der Waals surface area contributed by atoms with E-state index in [1.165, 1.54) is 229 Å². The van der Waals surface area contributed by atoms with Crippen LogP contribution in [0.5, 0.6) is 0 Å². The van der Waals surface area contributed by atoms with Crippen molar-refractivity contribution < 1.29 is 43.4 Å². The van der Waals surface area contributed by atoms with Crippen LogP contribution in [-0.2, 0) is 67.3 Å². The van der Waals surface area contributed by atoms with Crippen LogP contribution in [0, 0.1) is 106 Å². The highest BCUT2D eigenvalue weighted by molar-refractivity contribution is 6.10. The average molecular weight is 1900 g/mol. The number of para-hydroxylation sites is 1. The molecular weight excluding hydrogens is 1720 g/mol. The Balaban J connectivity index is 0.000000127. The van der Waals surface area contributed by atoms with E-state index in [1.807, 2.05) is 82.5 Å². The molecule has 5 aliphatic carbocycles. The Hall–Kier alpha value is -11.7. The Bertz CT molecular complexity index is 8250. The summed E-state index contributed by atoms with van der Waals surface area (Å²) in [6.07, 6.45) is 32.5. The molecule has 6 nitrogen and oxygen atoms in total. The quantitative estimate of drug-likeness (QED) is 0.0765. The molecule has 11 aromatic carbocycles. The van der Waals surface area contributed by atoms with Crippen LogP contribution in [0.15, 0.2) is 237 Å². The lowest BCUT2D eigenvalue weighted by Crippen LogP contribution is -2.35. The van der Waals surface area contributed by atoms with E-state index in [9.17, 15) is 0 Å². The number of benzene rings is 11. The van der Waals surface area contributed by atoms with Gasteiger partial charge >= 0.3 is 0 Å². The van der Waals surface area contributed by atoms with Crippen molar-refractivity contribution in [2.75, 3.05) is 0 Å². The summed E-state index contributed by atoms with van der Waals surface area (Å²) in [7, 11) is 9.69. The Morgan fingerprint density at radius 3 is 1.04 bits per heavy atom. The van der Waals surface area contributed by atoms with Gasteiger partial charge in [-0.25, -0.2) is 13.7 Å². The smallest absolute Gasteiger partial charge is 0.220 e. The SMILES string of the molecule is [2H]c1c(C)[n+](C)c(-c2cc3c(cc2C)c2ccccc2n3C(C)C)c2ccc(CC3CCCC3)cc12.[2H]c1c([2H])[n+](C)c(-c2cc(C([2H])(C)C([2H])([2H])[2H])cc(C)c2C)c2ccc(CC3CCCC3)cc12.[2H]c1c([2H])[n+](C)c(-c2cc(C([2H])(C)C)cc(C)c2C)c2ccc(CC3CCCC3)cc12.[2H]c1c([2H])[n+](C)c(-c2cc(C)cc(C)c2C)c2ccc(CC3CCCC3)cc12.[2H]c1cc([2H])c(C)c(-c2c3ccc(CC4CCCC4)cc3c([2H])c(C)[n+]2C)c1. The van der Waals surface area contributed by atoms with Crippen LogP contribution in [0.4, 0.5) is 0 Å². The number of aromatic nitrogens is 6. The molecule has 0 amide bonds. The zero-order chi connectivity index (χ0) is 113. The van der Waals surface area contributed by atoms with Crippen LogP contribution in [-0.4, -0.2) is 4.57 Å². The van der Waals surface area contributed by atoms with E-state index in [0.29, 0.717) is 53.8 Å². The van der Waals surface area contributed by atoms with E-state index in [2.05, 4.69) is 230 Å². The Morgan fingerprint density at radius 1 is 0.310 bits per heavy atom. The number of nitrogens with zero attached hydrogens (tertiary/aromatic N) is 6. The van der Waals surface area contributed by atoms with Gasteiger partial charge in [-0.3, -0.25) is 0 Å². The van der Waals surface area contributed by atoms with Gasteiger partial charge in [0, 0.05) is 78.8 Å². The summed E-state index contributed by atoms with van der Waals surface area (Å²) in [4.78, 5) is 0. The van der Waals surface area contributed by atoms with Gasteiger partial charge in [0.2, 0.25) is 28.5 Å². The molecule has 6 aromatic heterocycles. The molecule has 142 heavy (non-hydrogen) atoms. The van der Waals surface area contributed by atoms with Crippen molar-refractivity contribution in [2.24, 2.45) is 64.8 Å². The van der Waals surface area contributed by atoms with E-state index < -0.39 is 18.6 Å². The van der Waals surface area contributed by atoms with E-state index in [4.69, 9.17) is 20.6 Å².